The van der Waals surface area contributed by atoms with E-state index in [2.05, 4.69) is 0 Å². The number of carbonyl (C=O) groups is 1. The van der Waals surface area contributed by atoms with Crippen LogP contribution in [0.3, 0.4) is 0 Å². The molecule has 0 amide bonds. The fourth-order valence-electron chi connectivity index (χ4n) is 1.05. The first kappa shape index (κ1) is 19.4. The monoisotopic (exact) mass is 336 g/mol. The normalized spacial score (nSPS) is 16.9. The highest BCUT2D eigenvalue weighted by molar-refractivity contribution is 8.13. The first-order valence-electron chi connectivity index (χ1n) is 4.99. The Kier molecular flexibility index (Phi) is 6.24. The molecule has 120 valence electrons. The molecule has 0 fully saturated rings. The summed E-state index contributed by atoms with van der Waals surface area (Å²) in [6, 6.07) is 0. The predicted octanol–water partition coefficient (Wildman–Crippen LogP) is 4.17. The van der Waals surface area contributed by atoms with Gasteiger partial charge >= 0.3 is 18.0 Å². The van der Waals surface area contributed by atoms with Crippen LogP contribution in [-0.2, 0) is 4.79 Å². The molecule has 20 heavy (non-hydrogen) atoms. The molecule has 0 spiro atoms. The smallest absolute Gasteiger partial charge is 0.288 e. The molecule has 0 aliphatic heterocycles. The van der Waals surface area contributed by atoms with E-state index in [4.69, 9.17) is 0 Å². The Balaban J connectivity index is 4.88. The van der Waals surface area contributed by atoms with Crippen LogP contribution in [0.5, 0.6) is 0 Å². The van der Waals surface area contributed by atoms with Gasteiger partial charge in [-0.05, 0) is 6.42 Å². The predicted molar refractivity (Wildman–Crippen MR) is 53.5 cm³/mol. The highest BCUT2D eigenvalue weighted by Gasteiger charge is 2.76. The molecular weight excluding hydrogens is 327 g/mol. The van der Waals surface area contributed by atoms with Crippen LogP contribution in [0.4, 0.5) is 39.5 Å². The van der Waals surface area contributed by atoms with E-state index >= 15 is 0 Å². The Bertz CT molecular complexity index is 341. The molecule has 2 unspecified atom stereocenters. The quantitative estimate of drug-likeness (QED) is 0.678. The molecule has 0 aliphatic carbocycles. The van der Waals surface area contributed by atoms with Gasteiger partial charge in [0.05, 0.1) is 0 Å². The van der Waals surface area contributed by atoms with Crippen molar-refractivity contribution in [3.8, 4) is 0 Å². The molecule has 0 radical (unpaired) electrons. The lowest BCUT2D eigenvalue weighted by atomic mass is 10.0. The minimum absolute atomic E-state index is 0.400. The number of hydrogen-bond acceptors (Lipinski definition) is 2. The third-order valence-corrected chi connectivity index (χ3v) is 2.98. The second kappa shape index (κ2) is 6.44. The Hall–Kier alpha value is -0.610. The molecule has 0 aromatic heterocycles. The van der Waals surface area contributed by atoms with E-state index in [0.717, 1.165) is 6.92 Å². The lowest BCUT2D eigenvalue weighted by Gasteiger charge is -2.31. The number of hydrogen-bond donors (Lipinski definition) is 0. The Morgan fingerprint density at radius 3 is 1.85 bits per heavy atom. The summed E-state index contributed by atoms with van der Waals surface area (Å²) in [5, 5.41) is -0.569. The number of carbonyl (C=O) groups excluding carboxylic acids is 1. The largest absolute Gasteiger partial charge is 0.459 e. The first-order valence-corrected chi connectivity index (χ1v) is 5.97. The lowest BCUT2D eigenvalue weighted by molar-refractivity contribution is -0.368. The molecule has 0 aromatic carbocycles. The number of thioether (sulfide) groups is 1. The fourth-order valence-corrected chi connectivity index (χ4v) is 1.68. The van der Waals surface area contributed by atoms with Crippen molar-refractivity contribution in [2.45, 2.75) is 43.7 Å². The third kappa shape index (κ3) is 4.19. The summed E-state index contributed by atoms with van der Waals surface area (Å²) >= 11 is 0.400. The topological polar surface area (TPSA) is 17.1 Å². The van der Waals surface area contributed by atoms with Crippen LogP contribution in [0.25, 0.3) is 0 Å². The number of halogens is 9. The van der Waals surface area contributed by atoms with Crippen LogP contribution in [-0.4, -0.2) is 41.2 Å². The molecule has 1 nitrogen and oxygen atoms in total. The van der Waals surface area contributed by atoms with Gasteiger partial charge < -0.3 is 0 Å². The second-order valence-corrected chi connectivity index (χ2v) is 5.01. The van der Waals surface area contributed by atoms with E-state index in [-0.39, 0.29) is 0 Å². The standard InChI is InChI=1S/C9H9F9OS/c1-4(19)20-3-2-5(10)6(11)7(12,13)8(14,15)9(16,17)18/h5-6H,2-3H2,1H3. The molecule has 0 rings (SSSR count). The summed E-state index contributed by atoms with van der Waals surface area (Å²) in [4.78, 5) is 10.4. The van der Waals surface area contributed by atoms with Crippen molar-refractivity contribution >= 4 is 16.9 Å². The average molecular weight is 336 g/mol. The molecule has 2 atom stereocenters. The maximum absolute atomic E-state index is 13.0. The van der Waals surface area contributed by atoms with Crippen molar-refractivity contribution in [3.05, 3.63) is 0 Å². The molecule has 0 N–H and O–H groups in total. The zero-order chi connectivity index (χ0) is 16.4. The van der Waals surface area contributed by atoms with Gasteiger partial charge in [-0.2, -0.15) is 30.7 Å². The van der Waals surface area contributed by atoms with Crippen molar-refractivity contribution in [2.75, 3.05) is 5.75 Å². The van der Waals surface area contributed by atoms with Crippen molar-refractivity contribution in [1.29, 1.82) is 0 Å². The van der Waals surface area contributed by atoms with Gasteiger partial charge in [0.2, 0.25) is 6.17 Å². The maximum atomic E-state index is 13.0. The van der Waals surface area contributed by atoms with E-state index in [9.17, 15) is 44.3 Å². The van der Waals surface area contributed by atoms with Gasteiger partial charge in [0, 0.05) is 12.7 Å². The highest BCUT2D eigenvalue weighted by Crippen LogP contribution is 2.49. The summed E-state index contributed by atoms with van der Waals surface area (Å²) in [7, 11) is 0. The number of rotatable bonds is 6. The first-order chi connectivity index (χ1) is 8.75. The van der Waals surface area contributed by atoms with Gasteiger partial charge in [0.1, 0.15) is 6.17 Å². The molecular formula is C9H9F9OS. The van der Waals surface area contributed by atoms with Gasteiger partial charge in [-0.15, -0.1) is 0 Å². The van der Waals surface area contributed by atoms with Crippen LogP contribution in [0.1, 0.15) is 13.3 Å². The van der Waals surface area contributed by atoms with Crippen molar-refractivity contribution in [3.63, 3.8) is 0 Å². The molecule has 0 bridgehead atoms. The molecule has 0 aliphatic rings. The van der Waals surface area contributed by atoms with Gasteiger partial charge in [-0.25, -0.2) is 8.78 Å². The summed E-state index contributed by atoms with van der Waals surface area (Å²) in [5.74, 6) is -13.5. The van der Waals surface area contributed by atoms with Crippen molar-refractivity contribution < 1.29 is 44.3 Å². The van der Waals surface area contributed by atoms with Crippen LogP contribution >= 0.6 is 11.8 Å². The Labute approximate surface area is 111 Å². The summed E-state index contributed by atoms with van der Waals surface area (Å²) < 4.78 is 112. The zero-order valence-corrected chi connectivity index (χ0v) is 10.6. The van der Waals surface area contributed by atoms with Gasteiger partial charge in [-0.3, -0.25) is 4.79 Å². The Morgan fingerprint density at radius 2 is 1.50 bits per heavy atom. The van der Waals surface area contributed by atoms with Crippen molar-refractivity contribution in [1.82, 2.24) is 0 Å². The zero-order valence-electron chi connectivity index (χ0n) is 9.79. The molecule has 11 heteroatoms. The van der Waals surface area contributed by atoms with Gasteiger partial charge in [0.15, 0.2) is 5.12 Å². The van der Waals surface area contributed by atoms with E-state index in [0.29, 0.717) is 11.8 Å². The van der Waals surface area contributed by atoms with Crippen LogP contribution in [0.2, 0.25) is 0 Å². The third-order valence-electron chi connectivity index (χ3n) is 2.14. The van der Waals surface area contributed by atoms with E-state index < -0.39 is 47.7 Å². The summed E-state index contributed by atoms with van der Waals surface area (Å²) in [6.45, 7) is 1.03. The maximum Gasteiger partial charge on any atom is 0.459 e. The van der Waals surface area contributed by atoms with Crippen LogP contribution < -0.4 is 0 Å². The van der Waals surface area contributed by atoms with E-state index in [1.54, 1.807) is 0 Å². The SMILES string of the molecule is CC(=O)SCCC(F)C(F)C(F)(F)C(F)(F)C(F)(F)F. The fraction of sp³-hybridized carbons (Fsp3) is 0.889. The van der Waals surface area contributed by atoms with Crippen LogP contribution in [0, 0.1) is 0 Å². The minimum Gasteiger partial charge on any atom is -0.288 e. The lowest BCUT2D eigenvalue weighted by Crippen LogP contribution is -2.58. The number of alkyl halides is 9. The summed E-state index contributed by atoms with van der Waals surface area (Å²) in [5.41, 5.74) is 0. The highest BCUT2D eigenvalue weighted by atomic mass is 32.2. The van der Waals surface area contributed by atoms with Crippen molar-refractivity contribution in [2.24, 2.45) is 0 Å². The van der Waals surface area contributed by atoms with E-state index in [1.165, 1.54) is 0 Å². The molecule has 0 saturated heterocycles. The minimum atomic E-state index is -6.71. The molecule has 0 saturated carbocycles. The summed E-state index contributed by atoms with van der Waals surface area (Å²) in [6.07, 6.45) is -15.4. The van der Waals surface area contributed by atoms with Crippen LogP contribution in [0.15, 0.2) is 0 Å². The molecule has 0 heterocycles. The Morgan fingerprint density at radius 1 is 1.05 bits per heavy atom. The van der Waals surface area contributed by atoms with E-state index in [1.807, 2.05) is 0 Å². The van der Waals surface area contributed by atoms with Gasteiger partial charge in [-0.1, -0.05) is 11.8 Å². The van der Waals surface area contributed by atoms with Gasteiger partial charge in [0.25, 0.3) is 0 Å². The average Bonchev–Trinajstić information content (AvgIpc) is 2.25. The second-order valence-electron chi connectivity index (χ2n) is 3.74. The molecule has 0 aromatic rings.